The van der Waals surface area contributed by atoms with Gasteiger partial charge in [-0.2, -0.15) is 0 Å². The molecule has 1 aliphatic heterocycles. The first-order valence-electron chi connectivity index (χ1n) is 26.3. The monoisotopic (exact) mass is 1330 g/mol. The largest absolute Gasteiger partial charge is 0.489 e. The Morgan fingerprint density at radius 1 is 0.931 bits per heavy atom. The molecule has 5 aromatic rings. The Morgan fingerprint density at radius 3 is 2.06 bits per heavy atom. The van der Waals surface area contributed by atoms with Gasteiger partial charge in [-0.25, -0.2) is 8.42 Å². The minimum Gasteiger partial charge on any atom is -0.489 e. The number of anilines is 3. The van der Waals surface area contributed by atoms with Crippen molar-refractivity contribution in [2.75, 3.05) is 60.8 Å². The van der Waals surface area contributed by atoms with Gasteiger partial charge in [-0.1, -0.05) is 90.3 Å². The number of nitrogens with two attached hydrogens (primary N) is 2. The van der Waals surface area contributed by atoms with Crippen LogP contribution in [0.5, 0.6) is 17.2 Å². The van der Waals surface area contributed by atoms with Crippen molar-refractivity contribution in [3.05, 3.63) is 145 Å². The average molecular weight is 1330 g/mol. The Bertz CT molecular complexity index is 3430. The molecule has 30 heteroatoms. The lowest BCUT2D eigenvalue weighted by atomic mass is 9.81. The number of sulfone groups is 1. The lowest BCUT2D eigenvalue weighted by Crippen LogP contribution is -2.47. The Kier molecular flexibility index (Phi) is 29.4. The summed E-state index contributed by atoms with van der Waals surface area (Å²) in [6.07, 6.45) is 2.25. The minimum absolute atomic E-state index is 0.0223. The summed E-state index contributed by atoms with van der Waals surface area (Å²) in [4.78, 5) is 101. The van der Waals surface area contributed by atoms with Gasteiger partial charge in [0.2, 0.25) is 5.91 Å². The van der Waals surface area contributed by atoms with Crippen LogP contribution in [0.15, 0.2) is 108 Å². The van der Waals surface area contributed by atoms with Gasteiger partial charge in [-0.05, 0) is 93.6 Å². The number of ether oxygens (including phenoxy) is 3. The highest BCUT2D eigenvalue weighted by atomic mass is 35.5. The molecule has 2 amide bonds. The molecule has 1 saturated carbocycles. The summed E-state index contributed by atoms with van der Waals surface area (Å²) in [5.74, 6) is -3.63. The molecule has 4 atom stereocenters. The highest BCUT2D eigenvalue weighted by Crippen LogP contribution is 2.40. The molecule has 7 rings (SSSR count). The number of rotatable bonds is 18. The number of aryl methyl sites for hydroxylation is 2. The quantitative estimate of drug-likeness (QED) is 0.0120. The number of aliphatic carboxylic acids is 1. The number of carboxylic acid groups (broad SMARTS) is 1. The number of nitro benzene ring substituents is 2. The fourth-order valence-corrected chi connectivity index (χ4v) is 10.4. The van der Waals surface area contributed by atoms with Crippen molar-refractivity contribution in [1.82, 2.24) is 0 Å². The van der Waals surface area contributed by atoms with Crippen molar-refractivity contribution >= 4 is 127 Å². The Labute approximate surface area is 522 Å². The molecule has 0 aromatic heterocycles. The third-order valence-electron chi connectivity index (χ3n) is 12.7. The number of methoxy groups -OCH3 is 1. The van der Waals surface area contributed by atoms with Crippen LogP contribution < -0.4 is 30.7 Å². The fraction of sp³-hybridized carbons (Fsp3) is 0.368. The maximum atomic E-state index is 12.4. The molecular formula is C57H67Cl4N6O18PS. The zero-order valence-corrected chi connectivity index (χ0v) is 53.0. The molecule has 2 aliphatic rings. The first kappa shape index (κ1) is 74.2. The van der Waals surface area contributed by atoms with Crippen molar-refractivity contribution in [2.24, 2.45) is 11.7 Å². The first-order chi connectivity index (χ1) is 40.7. The van der Waals surface area contributed by atoms with E-state index in [-0.39, 0.29) is 82.2 Å². The van der Waals surface area contributed by atoms with Gasteiger partial charge in [0, 0.05) is 51.2 Å². The molecular weight excluding hydrogens is 1260 g/mol. The SMILES string of the molecule is CC1COc2ccccc2N1C(=O)C(Cl)Cl.CCc1cccc(C)c1N(C(=O)CCl)C(C)COC.CP(=O)(O)CCC(N)C(=O)O.CS(=O)(=O)c1ccc(C(=O)C2C(=O)CCCC2=O)c([N+](=O)[O-])c1.Nc1c([N+](=O)[O-])ccc(Oc2ccccc2)c1Cl. The molecule has 0 spiro atoms. The summed E-state index contributed by atoms with van der Waals surface area (Å²) >= 11 is 22.9. The van der Waals surface area contributed by atoms with Crippen LogP contribution in [0.2, 0.25) is 5.02 Å². The number of carbonyl (C=O) groups is 6. The number of carboxylic acids is 1. The number of carbonyl (C=O) groups excluding carboxylic acids is 5. The van der Waals surface area contributed by atoms with E-state index >= 15 is 0 Å². The number of ketones is 3. The van der Waals surface area contributed by atoms with E-state index in [9.17, 15) is 62.0 Å². The van der Waals surface area contributed by atoms with Gasteiger partial charge in [-0.15, -0.1) is 11.6 Å². The second kappa shape index (κ2) is 34.5. The van der Waals surface area contributed by atoms with Crippen molar-refractivity contribution in [2.45, 2.75) is 87.7 Å². The van der Waals surface area contributed by atoms with Crippen LogP contribution in [0.1, 0.15) is 67.9 Å². The van der Waals surface area contributed by atoms with Gasteiger partial charge in [-0.3, -0.25) is 53.6 Å². The molecule has 0 bridgehead atoms. The van der Waals surface area contributed by atoms with Crippen molar-refractivity contribution in [3.8, 4) is 17.2 Å². The number of nitrogens with zero attached hydrogens (tertiary/aromatic N) is 4. The van der Waals surface area contributed by atoms with E-state index < -0.39 is 78.4 Å². The summed E-state index contributed by atoms with van der Waals surface area (Å²) in [5.41, 5.74) is 13.1. The zero-order valence-electron chi connectivity index (χ0n) is 48.3. The minimum atomic E-state index is -3.70. The number of para-hydroxylation sites is 4. The third kappa shape index (κ3) is 21.9. The highest BCUT2D eigenvalue weighted by Gasteiger charge is 2.39. The normalized spacial score (nSPS) is 15.0. The van der Waals surface area contributed by atoms with Crippen LogP contribution in [0.25, 0.3) is 0 Å². The Morgan fingerprint density at radius 2 is 1.53 bits per heavy atom. The maximum absolute atomic E-state index is 12.4. The van der Waals surface area contributed by atoms with Crippen LogP contribution >= 0.6 is 53.8 Å². The van der Waals surface area contributed by atoms with Gasteiger partial charge >= 0.3 is 5.97 Å². The number of nitro groups is 2. The molecule has 24 nitrogen and oxygen atoms in total. The Hall–Kier alpha value is -7.06. The number of hydrogen-bond donors (Lipinski definition) is 4. The first-order valence-corrected chi connectivity index (χ1v) is 32.3. The molecule has 0 saturated heterocycles. The second-order valence-corrected chi connectivity index (χ2v) is 25.9. The predicted octanol–water partition coefficient (Wildman–Crippen LogP) is 10.2. The Balaban J connectivity index is 0.000000289. The molecule has 1 heterocycles. The zero-order chi connectivity index (χ0) is 65.7. The van der Waals surface area contributed by atoms with Crippen LogP contribution in [0.4, 0.5) is 28.4 Å². The lowest BCUT2D eigenvalue weighted by molar-refractivity contribution is -0.385. The molecule has 87 heavy (non-hydrogen) atoms. The van der Waals surface area contributed by atoms with E-state index in [0.29, 0.717) is 31.1 Å². The third-order valence-corrected chi connectivity index (χ3v) is 15.9. The smallest absolute Gasteiger partial charge is 0.320 e. The summed E-state index contributed by atoms with van der Waals surface area (Å²) in [6.45, 7) is 10.1. The highest BCUT2D eigenvalue weighted by molar-refractivity contribution is 7.90. The number of Topliss-reactive ketones (excluding diaryl/α,β-unsaturated/α-hetero) is 3. The van der Waals surface area contributed by atoms with Crippen LogP contribution in [-0.2, 0) is 49.5 Å². The predicted molar refractivity (Wildman–Crippen MR) is 332 cm³/mol. The van der Waals surface area contributed by atoms with E-state index in [0.717, 1.165) is 53.4 Å². The van der Waals surface area contributed by atoms with Crippen LogP contribution in [0, 0.1) is 33.1 Å². The van der Waals surface area contributed by atoms with Crippen LogP contribution in [0.3, 0.4) is 0 Å². The second-order valence-electron chi connectivity index (χ2n) is 19.6. The van der Waals surface area contributed by atoms with Crippen LogP contribution in [-0.4, -0.2) is 132 Å². The molecule has 0 radical (unpaired) electrons. The summed E-state index contributed by atoms with van der Waals surface area (Å²) in [6, 6.07) is 26.7. The lowest BCUT2D eigenvalue weighted by Gasteiger charge is -2.35. The van der Waals surface area contributed by atoms with E-state index in [1.807, 2.05) is 63.2 Å². The van der Waals surface area contributed by atoms with Crippen molar-refractivity contribution in [1.29, 1.82) is 0 Å². The summed E-state index contributed by atoms with van der Waals surface area (Å²) in [5, 5.41) is 30.1. The molecule has 1 fully saturated rings. The number of amides is 2. The number of alkyl halides is 3. The van der Waals surface area contributed by atoms with Crippen molar-refractivity contribution in [3.63, 3.8) is 0 Å². The number of benzene rings is 5. The standard InChI is InChI=1S/C15H22ClNO2.C14H13NO7S.C12H9ClN2O3.C11H11Cl2NO2.C5H12NO4P/c1-5-13-8-6-7-11(2)15(13)17(14(18)9-16)12(3)10-19-4;1-23(21,22)8-5-6-9(10(7-8)15(19)20)14(18)13-11(16)3-2-4-12(13)17;13-11-10(18-8-4-2-1-3-5-8)7-6-9(12(11)14)15(16)17;1-7-6-16-9-5-3-2-4-8(9)14(7)11(15)10(12)13;1-11(9,10)3-2-4(6)5(7)8/h6-8,12H,5,9-10H2,1-4H3;5-7,13H,2-4H2,1H3;1-7H,14H2;2-5,7,10H,6H2,1H3;4H,2-3,6H2,1H3,(H,7,8)(H,9,10). The van der Waals surface area contributed by atoms with E-state index in [1.54, 1.807) is 41.2 Å². The fourth-order valence-electron chi connectivity index (χ4n) is 8.44. The molecule has 5 aromatic carbocycles. The van der Waals surface area contributed by atoms with Gasteiger partial charge < -0.3 is 45.5 Å². The summed E-state index contributed by atoms with van der Waals surface area (Å²) in [7, 11) is -5.16. The molecule has 4 unspecified atom stereocenters. The van der Waals surface area contributed by atoms with Gasteiger partial charge in [0.05, 0.1) is 50.4 Å². The van der Waals surface area contributed by atoms with Crippen molar-refractivity contribution < 1.29 is 75.8 Å². The molecule has 6 N–H and O–H groups in total. The molecule has 1 aliphatic carbocycles. The average Bonchev–Trinajstić information content (AvgIpc) is 1.47. The number of fused-ring (bicyclic) bond motifs is 1. The van der Waals surface area contributed by atoms with Gasteiger partial charge in [0.1, 0.15) is 52.4 Å². The van der Waals surface area contributed by atoms with E-state index in [4.69, 9.17) is 82.1 Å². The van der Waals surface area contributed by atoms with E-state index in [1.165, 1.54) is 18.8 Å². The molecule has 472 valence electrons. The number of halogens is 4. The number of nitrogen functional groups attached to an aromatic ring is 1. The van der Waals surface area contributed by atoms with Gasteiger partial charge in [0.15, 0.2) is 39.4 Å². The van der Waals surface area contributed by atoms with Gasteiger partial charge in [0.25, 0.3) is 17.3 Å². The summed E-state index contributed by atoms with van der Waals surface area (Å²) < 4.78 is 49.8. The number of hydrogen-bond acceptors (Lipinski definition) is 18. The maximum Gasteiger partial charge on any atom is 0.320 e. The van der Waals surface area contributed by atoms with E-state index in [2.05, 4.69) is 13.0 Å². The topological polar surface area (TPSA) is 367 Å².